The molecule has 1 saturated carbocycles. The van der Waals surface area contributed by atoms with Gasteiger partial charge in [-0.25, -0.2) is 0 Å². The molecule has 0 spiro atoms. The zero-order valence-corrected chi connectivity index (χ0v) is 12.4. The summed E-state index contributed by atoms with van der Waals surface area (Å²) in [6.45, 7) is 4.79. The van der Waals surface area contributed by atoms with E-state index in [1.807, 2.05) is 18.2 Å². The standard InChI is InChI=1S/C17H25NO2/c1-17(2)9-7-12(8-10-17)13-5-3-4-6-14(13)15(11-18)16(19)20/h3-6,12,15H,7-11,18H2,1-2H3,(H,19,20). The third kappa shape index (κ3) is 3.21. The highest BCUT2D eigenvalue weighted by Gasteiger charge is 2.30. The van der Waals surface area contributed by atoms with E-state index in [4.69, 9.17) is 5.73 Å². The van der Waals surface area contributed by atoms with Crippen LogP contribution in [0.15, 0.2) is 24.3 Å². The van der Waals surface area contributed by atoms with Gasteiger partial charge in [0.15, 0.2) is 0 Å². The highest BCUT2D eigenvalue weighted by Crippen LogP contribution is 2.43. The molecule has 1 aliphatic carbocycles. The molecule has 1 aliphatic rings. The molecule has 3 heteroatoms. The molecule has 1 atom stereocenters. The van der Waals surface area contributed by atoms with E-state index in [2.05, 4.69) is 19.9 Å². The Hall–Kier alpha value is -1.35. The van der Waals surface area contributed by atoms with E-state index in [0.717, 1.165) is 18.4 Å². The predicted molar refractivity (Wildman–Crippen MR) is 80.9 cm³/mol. The zero-order valence-electron chi connectivity index (χ0n) is 12.4. The molecule has 2 rings (SSSR count). The first-order valence-corrected chi connectivity index (χ1v) is 7.46. The molecule has 0 heterocycles. The highest BCUT2D eigenvalue weighted by atomic mass is 16.4. The van der Waals surface area contributed by atoms with E-state index in [0.29, 0.717) is 11.3 Å². The molecule has 0 amide bonds. The van der Waals surface area contributed by atoms with E-state index < -0.39 is 11.9 Å². The van der Waals surface area contributed by atoms with Gasteiger partial charge in [-0.05, 0) is 48.1 Å². The van der Waals surface area contributed by atoms with Gasteiger partial charge in [0.25, 0.3) is 0 Å². The molecule has 110 valence electrons. The second kappa shape index (κ2) is 5.96. The summed E-state index contributed by atoms with van der Waals surface area (Å²) < 4.78 is 0. The quantitative estimate of drug-likeness (QED) is 0.884. The summed E-state index contributed by atoms with van der Waals surface area (Å²) in [4.78, 5) is 11.4. The second-order valence-electron chi connectivity index (χ2n) is 6.69. The van der Waals surface area contributed by atoms with Crippen molar-refractivity contribution in [2.45, 2.75) is 51.4 Å². The Labute approximate surface area is 121 Å². The number of nitrogens with two attached hydrogens (primary N) is 1. The van der Waals surface area contributed by atoms with E-state index in [1.165, 1.54) is 18.4 Å². The van der Waals surface area contributed by atoms with Gasteiger partial charge in [0.2, 0.25) is 0 Å². The van der Waals surface area contributed by atoms with Gasteiger partial charge in [0.1, 0.15) is 0 Å². The molecule has 20 heavy (non-hydrogen) atoms. The lowest BCUT2D eigenvalue weighted by Gasteiger charge is -2.35. The lowest BCUT2D eigenvalue weighted by Crippen LogP contribution is -2.25. The minimum atomic E-state index is -0.823. The van der Waals surface area contributed by atoms with E-state index in [1.54, 1.807) is 0 Å². The third-order valence-electron chi connectivity index (χ3n) is 4.68. The Balaban J connectivity index is 2.26. The first-order chi connectivity index (χ1) is 9.44. The number of carboxylic acid groups (broad SMARTS) is 1. The van der Waals surface area contributed by atoms with Crippen LogP contribution in [-0.2, 0) is 4.79 Å². The molecule has 3 nitrogen and oxygen atoms in total. The minimum Gasteiger partial charge on any atom is -0.481 e. The number of benzene rings is 1. The summed E-state index contributed by atoms with van der Waals surface area (Å²) in [5.74, 6) is -0.926. The van der Waals surface area contributed by atoms with Crippen molar-refractivity contribution in [3.63, 3.8) is 0 Å². The number of hydrogen-bond acceptors (Lipinski definition) is 2. The summed E-state index contributed by atoms with van der Waals surface area (Å²) in [5.41, 5.74) is 8.19. The molecule has 0 aliphatic heterocycles. The molecule has 3 N–H and O–H groups in total. The average molecular weight is 275 g/mol. The summed E-state index contributed by atoms with van der Waals surface area (Å²) in [6, 6.07) is 7.94. The number of aliphatic carboxylic acids is 1. The van der Waals surface area contributed by atoms with Crippen LogP contribution < -0.4 is 5.73 Å². The molecule has 1 unspecified atom stereocenters. The van der Waals surface area contributed by atoms with E-state index in [9.17, 15) is 9.90 Å². The maximum absolute atomic E-state index is 11.4. The zero-order chi connectivity index (χ0) is 14.8. The van der Waals surface area contributed by atoms with Crippen LogP contribution in [0.5, 0.6) is 0 Å². The van der Waals surface area contributed by atoms with Crippen molar-refractivity contribution in [3.8, 4) is 0 Å². The van der Waals surface area contributed by atoms with Gasteiger partial charge in [-0.15, -0.1) is 0 Å². The molecular formula is C17H25NO2. The summed E-state index contributed by atoms with van der Waals surface area (Å²) in [5, 5.41) is 9.35. The smallest absolute Gasteiger partial charge is 0.312 e. The molecule has 1 fully saturated rings. The first kappa shape index (κ1) is 15.0. The lowest BCUT2D eigenvalue weighted by molar-refractivity contribution is -0.138. The fourth-order valence-electron chi connectivity index (χ4n) is 3.27. The number of carboxylic acids is 1. The molecule has 0 aromatic heterocycles. The molecule has 1 aromatic carbocycles. The monoisotopic (exact) mass is 275 g/mol. The van der Waals surface area contributed by atoms with Crippen LogP contribution in [0.4, 0.5) is 0 Å². The third-order valence-corrected chi connectivity index (χ3v) is 4.68. The largest absolute Gasteiger partial charge is 0.481 e. The summed E-state index contributed by atoms with van der Waals surface area (Å²) >= 11 is 0. The van der Waals surface area contributed by atoms with Crippen LogP contribution in [0.2, 0.25) is 0 Å². The highest BCUT2D eigenvalue weighted by molar-refractivity contribution is 5.77. The van der Waals surface area contributed by atoms with Gasteiger partial charge in [0.05, 0.1) is 5.92 Å². The van der Waals surface area contributed by atoms with Crippen molar-refractivity contribution in [1.82, 2.24) is 0 Å². The van der Waals surface area contributed by atoms with Gasteiger partial charge >= 0.3 is 5.97 Å². The Kier molecular flexibility index (Phi) is 4.48. The van der Waals surface area contributed by atoms with Crippen molar-refractivity contribution in [3.05, 3.63) is 35.4 Å². The minimum absolute atomic E-state index is 0.157. The number of hydrogen-bond donors (Lipinski definition) is 2. The molecule has 1 aromatic rings. The van der Waals surface area contributed by atoms with Crippen LogP contribution in [-0.4, -0.2) is 17.6 Å². The maximum atomic E-state index is 11.4. The van der Waals surface area contributed by atoms with E-state index >= 15 is 0 Å². The Morgan fingerprint density at radius 3 is 2.50 bits per heavy atom. The molecular weight excluding hydrogens is 250 g/mol. The van der Waals surface area contributed by atoms with Crippen LogP contribution in [0.25, 0.3) is 0 Å². The van der Waals surface area contributed by atoms with Gasteiger partial charge in [0, 0.05) is 6.54 Å². The van der Waals surface area contributed by atoms with Gasteiger partial charge in [-0.1, -0.05) is 38.1 Å². The Morgan fingerprint density at radius 2 is 1.95 bits per heavy atom. The summed E-state index contributed by atoms with van der Waals surface area (Å²) in [7, 11) is 0. The second-order valence-corrected chi connectivity index (χ2v) is 6.69. The van der Waals surface area contributed by atoms with Crippen molar-refractivity contribution >= 4 is 5.97 Å². The summed E-state index contributed by atoms with van der Waals surface area (Å²) in [6.07, 6.45) is 4.68. The van der Waals surface area contributed by atoms with Crippen molar-refractivity contribution < 1.29 is 9.90 Å². The Morgan fingerprint density at radius 1 is 1.35 bits per heavy atom. The average Bonchev–Trinajstić information content (AvgIpc) is 2.40. The van der Waals surface area contributed by atoms with Crippen LogP contribution >= 0.6 is 0 Å². The molecule has 0 bridgehead atoms. The normalized spacial score (nSPS) is 20.6. The first-order valence-electron chi connectivity index (χ1n) is 7.46. The lowest BCUT2D eigenvalue weighted by atomic mass is 9.70. The van der Waals surface area contributed by atoms with Crippen molar-refractivity contribution in [2.75, 3.05) is 6.54 Å². The van der Waals surface area contributed by atoms with Crippen molar-refractivity contribution in [1.29, 1.82) is 0 Å². The Bertz CT molecular complexity index is 472. The van der Waals surface area contributed by atoms with Crippen LogP contribution in [0, 0.1) is 5.41 Å². The topological polar surface area (TPSA) is 63.3 Å². The van der Waals surface area contributed by atoms with E-state index in [-0.39, 0.29) is 6.54 Å². The molecule has 0 saturated heterocycles. The van der Waals surface area contributed by atoms with Gasteiger partial charge in [-0.3, -0.25) is 4.79 Å². The van der Waals surface area contributed by atoms with Gasteiger partial charge < -0.3 is 10.8 Å². The van der Waals surface area contributed by atoms with Gasteiger partial charge in [-0.2, -0.15) is 0 Å². The SMILES string of the molecule is CC1(C)CCC(c2ccccc2C(CN)C(=O)O)CC1. The fourth-order valence-corrected chi connectivity index (χ4v) is 3.27. The van der Waals surface area contributed by atoms with Crippen LogP contribution in [0.3, 0.4) is 0 Å². The van der Waals surface area contributed by atoms with Crippen molar-refractivity contribution in [2.24, 2.45) is 11.1 Å². The number of rotatable bonds is 4. The fraction of sp³-hybridized carbons (Fsp3) is 0.588. The maximum Gasteiger partial charge on any atom is 0.312 e. The van der Waals surface area contributed by atoms with Crippen LogP contribution in [0.1, 0.15) is 62.5 Å². The number of carbonyl (C=O) groups is 1. The molecule has 0 radical (unpaired) electrons. The predicted octanol–water partition coefficient (Wildman–Crippen LogP) is 3.50.